The molecule has 0 unspecified atom stereocenters. The topological polar surface area (TPSA) is 87.0 Å². The maximum absolute atomic E-state index is 6.03. The molecule has 4 N–H and O–H groups in total. The molecule has 1 heterocycles. The van der Waals surface area contributed by atoms with Crippen LogP contribution in [0.1, 0.15) is 12.5 Å². The third-order valence-corrected chi connectivity index (χ3v) is 2.73. The molecule has 5 nitrogen and oxygen atoms in total. The summed E-state index contributed by atoms with van der Waals surface area (Å²) in [5, 5.41) is 0.714. The molecule has 0 atom stereocenters. The lowest BCUT2D eigenvalue weighted by Gasteiger charge is -2.08. The number of aromatic nitrogens is 2. The molecule has 0 saturated heterocycles. The van der Waals surface area contributed by atoms with E-state index in [0.29, 0.717) is 16.7 Å². The van der Waals surface area contributed by atoms with E-state index >= 15 is 0 Å². The van der Waals surface area contributed by atoms with Crippen molar-refractivity contribution in [1.82, 2.24) is 9.97 Å². The van der Waals surface area contributed by atoms with Crippen LogP contribution in [0.3, 0.4) is 0 Å². The van der Waals surface area contributed by atoms with E-state index in [-0.39, 0.29) is 11.8 Å². The number of hydrogen-bond acceptors (Lipinski definition) is 5. The molecule has 94 valence electrons. The van der Waals surface area contributed by atoms with E-state index < -0.39 is 0 Å². The highest BCUT2D eigenvalue weighted by Crippen LogP contribution is 2.26. The van der Waals surface area contributed by atoms with Crippen molar-refractivity contribution in [3.63, 3.8) is 0 Å². The molecule has 0 aliphatic heterocycles. The normalized spacial score (nSPS) is 10.3. The number of nitrogens with two attached hydrogens (primary N) is 2. The Morgan fingerprint density at radius 1 is 1.22 bits per heavy atom. The zero-order valence-corrected chi connectivity index (χ0v) is 10.6. The summed E-state index contributed by atoms with van der Waals surface area (Å²) in [7, 11) is 0. The first-order chi connectivity index (χ1) is 8.58. The summed E-state index contributed by atoms with van der Waals surface area (Å²) in [6.07, 6.45) is 0.823. The second-order valence-electron chi connectivity index (χ2n) is 3.70. The number of anilines is 2. The summed E-state index contributed by atoms with van der Waals surface area (Å²) in [5.74, 6) is 1.29. The average molecular weight is 265 g/mol. The van der Waals surface area contributed by atoms with Gasteiger partial charge in [-0.25, -0.2) is 0 Å². The SMILES string of the molecule is CCc1cc(Oc2cc(N)nc(N)n2)ccc1Cl. The van der Waals surface area contributed by atoms with E-state index in [1.54, 1.807) is 12.1 Å². The highest BCUT2D eigenvalue weighted by atomic mass is 35.5. The van der Waals surface area contributed by atoms with E-state index in [4.69, 9.17) is 27.8 Å². The Morgan fingerprint density at radius 3 is 2.67 bits per heavy atom. The fraction of sp³-hybridized carbons (Fsp3) is 0.167. The lowest BCUT2D eigenvalue weighted by molar-refractivity contribution is 0.462. The number of benzene rings is 1. The Hall–Kier alpha value is -2.01. The van der Waals surface area contributed by atoms with Gasteiger partial charge in [0.05, 0.1) is 0 Å². The summed E-state index contributed by atoms with van der Waals surface area (Å²) in [5.41, 5.74) is 12.1. The van der Waals surface area contributed by atoms with Gasteiger partial charge in [0.25, 0.3) is 0 Å². The number of aryl methyl sites for hydroxylation is 1. The molecule has 0 saturated carbocycles. The molecule has 2 rings (SSSR count). The molecular formula is C12H13ClN4O. The predicted octanol–water partition coefficient (Wildman–Crippen LogP) is 2.65. The summed E-state index contributed by atoms with van der Waals surface area (Å²) < 4.78 is 5.57. The van der Waals surface area contributed by atoms with Crippen LogP contribution in [0.5, 0.6) is 11.6 Å². The fourth-order valence-electron chi connectivity index (χ4n) is 1.52. The van der Waals surface area contributed by atoms with Gasteiger partial charge in [0.1, 0.15) is 11.6 Å². The molecule has 1 aromatic heterocycles. The van der Waals surface area contributed by atoms with Crippen LogP contribution in [-0.4, -0.2) is 9.97 Å². The van der Waals surface area contributed by atoms with Crippen LogP contribution in [0.25, 0.3) is 0 Å². The van der Waals surface area contributed by atoms with Crippen LogP contribution >= 0.6 is 11.6 Å². The average Bonchev–Trinajstić information content (AvgIpc) is 2.30. The minimum absolute atomic E-state index is 0.0784. The van der Waals surface area contributed by atoms with Gasteiger partial charge in [0.2, 0.25) is 11.8 Å². The summed E-state index contributed by atoms with van der Waals surface area (Å²) >= 11 is 6.03. The van der Waals surface area contributed by atoms with Crippen molar-refractivity contribution in [3.05, 3.63) is 34.9 Å². The number of hydrogen-bond donors (Lipinski definition) is 2. The lowest BCUT2D eigenvalue weighted by Crippen LogP contribution is -2.00. The molecule has 6 heteroatoms. The quantitative estimate of drug-likeness (QED) is 0.890. The number of nitrogens with zero attached hydrogens (tertiary/aromatic N) is 2. The van der Waals surface area contributed by atoms with Crippen molar-refractivity contribution < 1.29 is 4.74 Å². The molecule has 2 aromatic rings. The van der Waals surface area contributed by atoms with Crippen LogP contribution in [0.4, 0.5) is 11.8 Å². The predicted molar refractivity (Wildman–Crippen MR) is 71.8 cm³/mol. The fourth-order valence-corrected chi connectivity index (χ4v) is 1.77. The van der Waals surface area contributed by atoms with Crippen molar-refractivity contribution in [3.8, 4) is 11.6 Å². The smallest absolute Gasteiger partial charge is 0.226 e. The first-order valence-electron chi connectivity index (χ1n) is 5.45. The Labute approximate surface area is 110 Å². The van der Waals surface area contributed by atoms with Crippen molar-refractivity contribution in [2.75, 3.05) is 11.5 Å². The van der Waals surface area contributed by atoms with Crippen molar-refractivity contribution in [2.45, 2.75) is 13.3 Å². The van der Waals surface area contributed by atoms with Gasteiger partial charge >= 0.3 is 0 Å². The zero-order valence-electron chi connectivity index (χ0n) is 9.85. The van der Waals surface area contributed by atoms with Gasteiger partial charge < -0.3 is 16.2 Å². The highest BCUT2D eigenvalue weighted by molar-refractivity contribution is 6.31. The monoisotopic (exact) mass is 264 g/mol. The molecule has 0 amide bonds. The largest absolute Gasteiger partial charge is 0.439 e. The first-order valence-corrected chi connectivity index (χ1v) is 5.82. The maximum atomic E-state index is 6.03. The van der Waals surface area contributed by atoms with E-state index in [9.17, 15) is 0 Å². The molecular weight excluding hydrogens is 252 g/mol. The van der Waals surface area contributed by atoms with Crippen LogP contribution < -0.4 is 16.2 Å². The molecule has 0 radical (unpaired) electrons. The summed E-state index contributed by atoms with van der Waals surface area (Å²) in [6.45, 7) is 2.02. The highest BCUT2D eigenvalue weighted by Gasteiger charge is 2.05. The number of halogens is 1. The van der Waals surface area contributed by atoms with Crippen molar-refractivity contribution >= 4 is 23.4 Å². The Morgan fingerprint density at radius 2 is 2.00 bits per heavy atom. The van der Waals surface area contributed by atoms with Crippen LogP contribution in [0.15, 0.2) is 24.3 Å². The number of nitrogen functional groups attached to an aromatic ring is 2. The van der Waals surface area contributed by atoms with Gasteiger partial charge in [-0.15, -0.1) is 0 Å². The molecule has 18 heavy (non-hydrogen) atoms. The lowest BCUT2D eigenvalue weighted by atomic mass is 10.1. The van der Waals surface area contributed by atoms with Gasteiger partial charge in [-0.05, 0) is 30.2 Å². The zero-order chi connectivity index (χ0) is 13.1. The summed E-state index contributed by atoms with van der Waals surface area (Å²) in [6, 6.07) is 6.91. The van der Waals surface area contributed by atoms with Crippen molar-refractivity contribution in [2.24, 2.45) is 0 Å². The van der Waals surface area contributed by atoms with Gasteiger partial charge in [-0.1, -0.05) is 18.5 Å². The first kappa shape index (κ1) is 12.4. The maximum Gasteiger partial charge on any atom is 0.226 e. The third-order valence-electron chi connectivity index (χ3n) is 2.36. The Bertz CT molecular complexity index is 554. The van der Waals surface area contributed by atoms with E-state index in [1.165, 1.54) is 6.07 Å². The van der Waals surface area contributed by atoms with Gasteiger partial charge in [-0.2, -0.15) is 9.97 Å². The standard InChI is InChI=1S/C12H13ClN4O/c1-2-7-5-8(3-4-9(7)13)18-11-6-10(14)16-12(15)17-11/h3-6H,2H2,1H3,(H4,14,15,16,17). The second kappa shape index (κ2) is 5.10. The van der Waals surface area contributed by atoms with Crippen LogP contribution in [-0.2, 0) is 6.42 Å². The van der Waals surface area contributed by atoms with E-state index in [1.807, 2.05) is 13.0 Å². The van der Waals surface area contributed by atoms with Gasteiger partial charge in [0.15, 0.2) is 0 Å². The van der Waals surface area contributed by atoms with Crippen LogP contribution in [0.2, 0.25) is 5.02 Å². The molecule has 0 spiro atoms. The molecule has 0 aliphatic rings. The van der Waals surface area contributed by atoms with Gasteiger partial charge in [-0.3, -0.25) is 0 Å². The van der Waals surface area contributed by atoms with Crippen molar-refractivity contribution in [1.29, 1.82) is 0 Å². The molecule has 0 bridgehead atoms. The van der Waals surface area contributed by atoms with E-state index in [0.717, 1.165) is 12.0 Å². The molecule has 1 aromatic carbocycles. The van der Waals surface area contributed by atoms with Gasteiger partial charge in [0, 0.05) is 11.1 Å². The summed E-state index contributed by atoms with van der Waals surface area (Å²) in [4.78, 5) is 7.71. The minimum atomic E-state index is 0.0784. The Kier molecular flexibility index (Phi) is 3.53. The number of ether oxygens (including phenoxy) is 1. The second-order valence-corrected chi connectivity index (χ2v) is 4.11. The number of rotatable bonds is 3. The third kappa shape index (κ3) is 2.81. The van der Waals surface area contributed by atoms with E-state index in [2.05, 4.69) is 9.97 Å². The Balaban J connectivity index is 2.28. The van der Waals surface area contributed by atoms with Crippen LogP contribution in [0, 0.1) is 0 Å². The minimum Gasteiger partial charge on any atom is -0.439 e. The molecule has 0 aliphatic carbocycles. The molecule has 0 fully saturated rings.